The second kappa shape index (κ2) is 7.31. The maximum Gasteiger partial charge on any atom is 1.00 e. The molecule has 0 spiro atoms. The van der Waals surface area contributed by atoms with E-state index in [1.54, 1.807) is 12.1 Å². The first-order valence-electron chi connectivity index (χ1n) is 3.85. The minimum Gasteiger partial charge on any atom is -0.795 e. The summed E-state index contributed by atoms with van der Waals surface area (Å²) in [6, 6.07) is 7.15. The zero-order chi connectivity index (χ0) is 9.68. The van der Waals surface area contributed by atoms with Crippen molar-refractivity contribution < 1.29 is 38.9 Å². The monoisotopic (exact) mass is 219 g/mol. The SMILES string of the molecule is CC(=O)NCc1ccc(S[O-])cc1.[Na+]. The molecule has 70 valence electrons. The van der Waals surface area contributed by atoms with Gasteiger partial charge in [0, 0.05) is 13.5 Å². The predicted octanol–water partition coefficient (Wildman–Crippen LogP) is -1.45. The van der Waals surface area contributed by atoms with Crippen LogP contribution in [0.4, 0.5) is 0 Å². The summed E-state index contributed by atoms with van der Waals surface area (Å²) in [5, 5.41) is 2.68. The van der Waals surface area contributed by atoms with E-state index in [0.29, 0.717) is 23.5 Å². The Morgan fingerprint density at radius 2 is 2.00 bits per heavy atom. The Balaban J connectivity index is 0.00000169. The minimum atomic E-state index is -0.0534. The molecular formula is C9H10NNaO2S. The van der Waals surface area contributed by atoms with E-state index in [9.17, 15) is 9.35 Å². The third-order valence-corrected chi connectivity index (χ3v) is 2.03. The van der Waals surface area contributed by atoms with Gasteiger partial charge in [0.1, 0.15) is 0 Å². The third-order valence-electron chi connectivity index (χ3n) is 1.56. The Labute approximate surface area is 110 Å². The molecule has 1 N–H and O–H groups in total. The van der Waals surface area contributed by atoms with Crippen LogP contribution < -0.4 is 34.9 Å². The first kappa shape index (κ1) is 14.0. The average Bonchev–Trinajstić information content (AvgIpc) is 2.15. The number of amides is 1. The molecule has 0 radical (unpaired) electrons. The smallest absolute Gasteiger partial charge is 0.795 e. The molecule has 1 aromatic carbocycles. The summed E-state index contributed by atoms with van der Waals surface area (Å²) in [4.78, 5) is 11.3. The van der Waals surface area contributed by atoms with E-state index in [0.717, 1.165) is 5.56 Å². The zero-order valence-corrected chi connectivity index (χ0v) is 11.1. The van der Waals surface area contributed by atoms with Gasteiger partial charge in [-0.3, -0.25) is 4.79 Å². The second-order valence-corrected chi connectivity index (χ2v) is 3.28. The van der Waals surface area contributed by atoms with Crippen LogP contribution in [0.1, 0.15) is 12.5 Å². The maximum atomic E-state index is 10.6. The van der Waals surface area contributed by atoms with Crippen molar-refractivity contribution in [2.45, 2.75) is 18.4 Å². The van der Waals surface area contributed by atoms with E-state index < -0.39 is 0 Å². The van der Waals surface area contributed by atoms with Gasteiger partial charge >= 0.3 is 29.6 Å². The summed E-state index contributed by atoms with van der Waals surface area (Å²) in [5.74, 6) is -0.0534. The van der Waals surface area contributed by atoms with Crippen molar-refractivity contribution >= 4 is 17.9 Å². The normalized spacial score (nSPS) is 9.00. The van der Waals surface area contributed by atoms with E-state index in [4.69, 9.17) is 0 Å². The summed E-state index contributed by atoms with van der Waals surface area (Å²) in [6.07, 6.45) is 0. The van der Waals surface area contributed by atoms with Crippen molar-refractivity contribution in [1.82, 2.24) is 5.32 Å². The molecule has 0 saturated carbocycles. The number of benzene rings is 1. The van der Waals surface area contributed by atoms with Gasteiger partial charge in [-0.1, -0.05) is 12.1 Å². The maximum absolute atomic E-state index is 10.6. The molecule has 0 aromatic heterocycles. The molecule has 3 nitrogen and oxygen atoms in total. The van der Waals surface area contributed by atoms with Crippen molar-refractivity contribution in [3.63, 3.8) is 0 Å². The van der Waals surface area contributed by atoms with Gasteiger partial charge in [0.05, 0.1) is 0 Å². The molecule has 14 heavy (non-hydrogen) atoms. The minimum absolute atomic E-state index is 0. The standard InChI is InChI=1S/C9H11NO2S.Na/c1-7(11)10-6-8-2-4-9(13-12)5-3-8;/h2-5,12H,6H2,1H3,(H,10,11);/q;+1/p-1. The Kier molecular flexibility index (Phi) is 7.31. The fraction of sp³-hybridized carbons (Fsp3) is 0.222. The van der Waals surface area contributed by atoms with Gasteiger partial charge in [0.2, 0.25) is 5.91 Å². The van der Waals surface area contributed by atoms with Crippen molar-refractivity contribution in [3.05, 3.63) is 29.8 Å². The summed E-state index contributed by atoms with van der Waals surface area (Å²) < 4.78 is 10.4. The van der Waals surface area contributed by atoms with Crippen molar-refractivity contribution in [1.29, 1.82) is 0 Å². The molecule has 0 fully saturated rings. The van der Waals surface area contributed by atoms with E-state index in [-0.39, 0.29) is 35.5 Å². The predicted molar refractivity (Wildman–Crippen MR) is 50.6 cm³/mol. The molecule has 1 amide bonds. The largest absolute Gasteiger partial charge is 1.00 e. The number of carbonyl (C=O) groups is 1. The molecule has 5 heteroatoms. The fourth-order valence-corrected chi connectivity index (χ4v) is 1.14. The van der Waals surface area contributed by atoms with Crippen LogP contribution in [0.3, 0.4) is 0 Å². The van der Waals surface area contributed by atoms with Gasteiger partial charge in [-0.05, 0) is 22.6 Å². The van der Waals surface area contributed by atoms with Gasteiger partial charge in [-0.25, -0.2) is 12.0 Å². The van der Waals surface area contributed by atoms with Crippen LogP contribution in [0.2, 0.25) is 0 Å². The van der Waals surface area contributed by atoms with Gasteiger partial charge in [-0.2, -0.15) is 0 Å². The van der Waals surface area contributed by atoms with Crippen molar-refractivity contribution in [2.75, 3.05) is 0 Å². The Morgan fingerprint density at radius 3 is 2.43 bits per heavy atom. The Bertz CT molecular complexity index is 289. The van der Waals surface area contributed by atoms with Crippen LogP contribution >= 0.6 is 12.0 Å². The topological polar surface area (TPSA) is 52.2 Å². The molecule has 0 aliphatic rings. The third kappa shape index (κ3) is 5.02. The van der Waals surface area contributed by atoms with Crippen molar-refractivity contribution in [2.24, 2.45) is 0 Å². The van der Waals surface area contributed by atoms with E-state index in [1.807, 2.05) is 12.1 Å². The van der Waals surface area contributed by atoms with Gasteiger partial charge < -0.3 is 9.87 Å². The van der Waals surface area contributed by atoms with Gasteiger partial charge in [0.25, 0.3) is 0 Å². The molecule has 0 heterocycles. The van der Waals surface area contributed by atoms with Crippen LogP contribution in [-0.4, -0.2) is 10.5 Å². The van der Waals surface area contributed by atoms with E-state index >= 15 is 0 Å². The molecule has 0 atom stereocenters. The molecule has 0 aliphatic carbocycles. The molecule has 0 unspecified atom stereocenters. The van der Waals surface area contributed by atoms with Crippen LogP contribution in [0, 0.1) is 0 Å². The number of hydrogen-bond acceptors (Lipinski definition) is 3. The molecule has 0 saturated heterocycles. The number of hydrogen-bond donors (Lipinski definition) is 1. The molecule has 1 rings (SSSR count). The van der Waals surface area contributed by atoms with Crippen LogP contribution in [0.15, 0.2) is 29.2 Å². The molecular weight excluding hydrogens is 209 g/mol. The zero-order valence-electron chi connectivity index (χ0n) is 8.24. The fourth-order valence-electron chi connectivity index (χ4n) is 0.889. The number of rotatable bonds is 3. The molecule has 0 aliphatic heterocycles. The van der Waals surface area contributed by atoms with Crippen molar-refractivity contribution in [3.8, 4) is 0 Å². The number of nitrogens with one attached hydrogen (secondary N) is 1. The quantitative estimate of drug-likeness (QED) is 0.500. The van der Waals surface area contributed by atoms with E-state index in [2.05, 4.69) is 5.32 Å². The summed E-state index contributed by atoms with van der Waals surface area (Å²) >= 11 is 0.465. The Morgan fingerprint density at radius 1 is 1.43 bits per heavy atom. The summed E-state index contributed by atoms with van der Waals surface area (Å²) in [7, 11) is 0. The average molecular weight is 219 g/mol. The van der Waals surface area contributed by atoms with E-state index in [1.165, 1.54) is 6.92 Å². The van der Waals surface area contributed by atoms with Crippen LogP contribution in [0.25, 0.3) is 0 Å². The van der Waals surface area contributed by atoms with Crippen LogP contribution in [-0.2, 0) is 11.3 Å². The van der Waals surface area contributed by atoms with Crippen LogP contribution in [0.5, 0.6) is 0 Å². The first-order chi connectivity index (χ1) is 6.22. The summed E-state index contributed by atoms with van der Waals surface area (Å²) in [6.45, 7) is 1.99. The Hall–Kier alpha value is 0. The first-order valence-corrected chi connectivity index (χ1v) is 4.59. The summed E-state index contributed by atoms with van der Waals surface area (Å²) in [5.41, 5.74) is 0.994. The molecule has 1 aromatic rings. The number of carbonyl (C=O) groups excluding carboxylic acids is 1. The van der Waals surface area contributed by atoms with Gasteiger partial charge in [-0.15, -0.1) is 0 Å². The molecule has 0 bridgehead atoms. The second-order valence-electron chi connectivity index (χ2n) is 2.64. The van der Waals surface area contributed by atoms with Gasteiger partial charge in [0.15, 0.2) is 0 Å².